The van der Waals surface area contributed by atoms with Crippen molar-refractivity contribution in [2.24, 2.45) is 0 Å². The summed E-state index contributed by atoms with van der Waals surface area (Å²) in [6, 6.07) is 0. The Morgan fingerprint density at radius 2 is 1.50 bits per heavy atom. The molecular weight excluding hydrogens is 84.4 g/mol. The van der Waals surface area contributed by atoms with E-state index in [-0.39, 0.29) is 23.1 Å². The van der Waals surface area contributed by atoms with E-state index in [2.05, 4.69) is 20.8 Å². The molecule has 0 N–H and O–H groups in total. The average Bonchev–Trinajstić information content (AvgIpc) is 1.38. The summed E-state index contributed by atoms with van der Waals surface area (Å²) in [5.74, 6) is 1.50. The van der Waals surface area contributed by atoms with Crippen LogP contribution in [0.15, 0.2) is 0 Å². The van der Waals surface area contributed by atoms with Crippen molar-refractivity contribution < 1.29 is 0 Å². The minimum Gasteiger partial charge on any atom is -0.0649 e. The third-order valence-corrected chi connectivity index (χ3v) is 0.707. The monoisotopic (exact) mass is 97.1 g/mol. The van der Waals surface area contributed by atoms with Gasteiger partial charge in [0.05, 0.1) is 0 Å². The maximum atomic E-state index is 2.16. The van der Waals surface area contributed by atoms with Crippen molar-refractivity contribution in [3.05, 3.63) is 5.92 Å². The van der Waals surface area contributed by atoms with Gasteiger partial charge in [-0.25, -0.2) is 0 Å². The topological polar surface area (TPSA) is 0 Å². The van der Waals surface area contributed by atoms with E-state index in [9.17, 15) is 0 Å². The Morgan fingerprint density at radius 1 is 1.33 bits per heavy atom. The molecule has 0 aromatic heterocycles. The van der Waals surface area contributed by atoms with Gasteiger partial charge >= 0.3 is 23.1 Å². The summed E-state index contributed by atoms with van der Waals surface area (Å²) >= 11 is 0. The van der Waals surface area contributed by atoms with Gasteiger partial charge in [0.25, 0.3) is 0 Å². The predicted molar refractivity (Wildman–Crippen MR) is 33.4 cm³/mol. The summed E-state index contributed by atoms with van der Waals surface area (Å²) in [7, 11) is 0. The second-order valence-electron chi connectivity index (χ2n) is 1.56. The summed E-state index contributed by atoms with van der Waals surface area (Å²) in [5.41, 5.74) is 0. The molecule has 0 aromatic rings. The first-order valence-corrected chi connectivity index (χ1v) is 2.06. The Hall–Kier alpha value is 0.766. The number of hydrogen-bond acceptors (Lipinski definition) is 0. The zero-order valence-electron chi connectivity index (χ0n) is 4.21. The van der Waals surface area contributed by atoms with Crippen LogP contribution in [0.3, 0.4) is 0 Å². The molecule has 0 aliphatic carbocycles. The highest BCUT2D eigenvalue weighted by Crippen LogP contribution is 1.97. The largest absolute Gasteiger partial charge is 0.316 e. The fourth-order valence-electron chi connectivity index (χ4n) is 0. The summed E-state index contributed by atoms with van der Waals surface area (Å²) in [4.78, 5) is 0. The van der Waals surface area contributed by atoms with Gasteiger partial charge in [-0.2, -0.15) is 0 Å². The van der Waals surface area contributed by atoms with Crippen LogP contribution in [-0.4, -0.2) is 23.1 Å². The molecule has 0 saturated heterocycles. The molecule has 0 nitrogen and oxygen atoms in total. The first kappa shape index (κ1) is 9.90. The third-order valence-electron chi connectivity index (χ3n) is 0.707. The Labute approximate surface area is 56.5 Å². The predicted octanol–water partition coefficient (Wildman–Crippen LogP) is 1.09. The molecule has 0 aliphatic heterocycles. The van der Waals surface area contributed by atoms with Gasteiger partial charge in [-0.1, -0.05) is 27.2 Å². The molecule has 1 heteroatoms. The molecule has 0 rings (SSSR count). The standard InChI is InChI=1S/C5H11.Mg.2H/c1-4-5(2)3;;;/h4H2,1-3H3;;;. The van der Waals surface area contributed by atoms with Crippen molar-refractivity contribution >= 4 is 23.1 Å². The summed E-state index contributed by atoms with van der Waals surface area (Å²) in [5, 5.41) is 0. The van der Waals surface area contributed by atoms with Gasteiger partial charge < -0.3 is 0 Å². The lowest BCUT2D eigenvalue weighted by Crippen LogP contribution is -1.73. The Balaban J connectivity index is 0. The van der Waals surface area contributed by atoms with Crippen molar-refractivity contribution in [3.8, 4) is 0 Å². The van der Waals surface area contributed by atoms with Crippen LogP contribution in [0.4, 0.5) is 0 Å². The SMILES string of the molecule is CC[C](C)C.[MgH2]. The van der Waals surface area contributed by atoms with Crippen molar-refractivity contribution in [1.82, 2.24) is 0 Å². The second-order valence-corrected chi connectivity index (χ2v) is 1.56. The van der Waals surface area contributed by atoms with Crippen LogP contribution in [0, 0.1) is 5.92 Å². The van der Waals surface area contributed by atoms with E-state index in [4.69, 9.17) is 0 Å². The van der Waals surface area contributed by atoms with E-state index in [1.54, 1.807) is 0 Å². The van der Waals surface area contributed by atoms with Crippen molar-refractivity contribution in [2.45, 2.75) is 27.2 Å². The molecule has 35 valence electrons. The van der Waals surface area contributed by atoms with Crippen LogP contribution < -0.4 is 0 Å². The molecule has 0 aliphatic rings. The van der Waals surface area contributed by atoms with Crippen molar-refractivity contribution in [3.63, 3.8) is 0 Å². The lowest BCUT2D eigenvalue weighted by Gasteiger charge is -1.89. The maximum Gasteiger partial charge on any atom is 0.316 e. The van der Waals surface area contributed by atoms with Gasteiger partial charge in [-0.3, -0.25) is 0 Å². The smallest absolute Gasteiger partial charge is 0.0649 e. The highest BCUT2D eigenvalue weighted by molar-refractivity contribution is 5.75. The molecular formula is C5H13Mg. The molecule has 0 amide bonds. The van der Waals surface area contributed by atoms with Gasteiger partial charge in [0.1, 0.15) is 0 Å². The Bertz CT molecular complexity index is 17.9. The van der Waals surface area contributed by atoms with Gasteiger partial charge in [-0.15, -0.1) is 0 Å². The third kappa shape index (κ3) is 8.84. The molecule has 0 saturated carbocycles. The van der Waals surface area contributed by atoms with Crippen LogP contribution in [0.25, 0.3) is 0 Å². The summed E-state index contributed by atoms with van der Waals surface area (Å²) < 4.78 is 0. The zero-order chi connectivity index (χ0) is 4.28. The molecule has 1 radical (unpaired) electrons. The van der Waals surface area contributed by atoms with E-state index in [0.717, 1.165) is 0 Å². The van der Waals surface area contributed by atoms with Crippen LogP contribution in [-0.2, 0) is 0 Å². The molecule has 0 bridgehead atoms. The summed E-state index contributed by atoms with van der Waals surface area (Å²) in [6.45, 7) is 6.44. The van der Waals surface area contributed by atoms with Crippen molar-refractivity contribution in [1.29, 1.82) is 0 Å². The Kier molecular flexibility index (Phi) is 9.52. The van der Waals surface area contributed by atoms with Crippen LogP contribution >= 0.6 is 0 Å². The van der Waals surface area contributed by atoms with E-state index >= 15 is 0 Å². The average molecular weight is 97.5 g/mol. The minimum absolute atomic E-state index is 0. The Morgan fingerprint density at radius 3 is 1.50 bits per heavy atom. The highest BCUT2D eigenvalue weighted by atomic mass is 24.3. The second kappa shape index (κ2) is 5.77. The lowest BCUT2D eigenvalue weighted by molar-refractivity contribution is 0.923. The molecule has 6 heavy (non-hydrogen) atoms. The molecule has 0 heterocycles. The molecule has 0 aromatic carbocycles. The van der Waals surface area contributed by atoms with Gasteiger partial charge in [-0.05, 0) is 5.92 Å². The first-order chi connectivity index (χ1) is 2.27. The highest BCUT2D eigenvalue weighted by Gasteiger charge is 1.80. The molecule has 0 unspecified atom stereocenters. The van der Waals surface area contributed by atoms with Gasteiger partial charge in [0, 0.05) is 0 Å². The van der Waals surface area contributed by atoms with E-state index in [1.807, 2.05) is 0 Å². The van der Waals surface area contributed by atoms with Gasteiger partial charge in [0.2, 0.25) is 0 Å². The van der Waals surface area contributed by atoms with Gasteiger partial charge in [0.15, 0.2) is 0 Å². The quantitative estimate of drug-likeness (QED) is 0.430. The van der Waals surface area contributed by atoms with Crippen molar-refractivity contribution in [2.75, 3.05) is 0 Å². The zero-order valence-corrected chi connectivity index (χ0v) is 4.21. The normalized spacial score (nSPS) is 8.00. The summed E-state index contributed by atoms with van der Waals surface area (Å²) in [6.07, 6.45) is 1.22. The fourth-order valence-corrected chi connectivity index (χ4v) is 0. The van der Waals surface area contributed by atoms with E-state index in [0.29, 0.717) is 0 Å². The number of hydrogen-bond donors (Lipinski definition) is 0. The maximum absolute atomic E-state index is 2.16. The lowest BCUT2D eigenvalue weighted by atomic mass is 10.2. The fraction of sp³-hybridized carbons (Fsp3) is 0.800. The first-order valence-electron chi connectivity index (χ1n) is 2.06. The minimum atomic E-state index is 0. The van der Waals surface area contributed by atoms with Crippen LogP contribution in [0.2, 0.25) is 0 Å². The van der Waals surface area contributed by atoms with E-state index in [1.165, 1.54) is 12.3 Å². The molecule has 0 atom stereocenters. The molecule has 0 fully saturated rings. The van der Waals surface area contributed by atoms with Crippen LogP contribution in [0.5, 0.6) is 0 Å². The number of rotatable bonds is 1. The van der Waals surface area contributed by atoms with E-state index < -0.39 is 0 Å². The van der Waals surface area contributed by atoms with Crippen LogP contribution in [0.1, 0.15) is 27.2 Å². The molecule has 0 spiro atoms.